The Morgan fingerprint density at radius 2 is 1.69 bits per heavy atom. The number of hydrogen-bond acceptors (Lipinski definition) is 6. The molecule has 0 bridgehead atoms. The molecule has 0 aliphatic heterocycles. The third kappa shape index (κ3) is 11.7. The quantitative estimate of drug-likeness (QED) is 0.178. The van der Waals surface area contributed by atoms with E-state index in [9.17, 15) is 15.3 Å². The van der Waals surface area contributed by atoms with Gasteiger partial charge in [-0.3, -0.25) is 0 Å². The molecule has 0 saturated carbocycles. The molecule has 180 valence electrons. The molecule has 0 aliphatic carbocycles. The lowest BCUT2D eigenvalue weighted by Gasteiger charge is -2.14. The first kappa shape index (κ1) is 28.9. The van der Waals surface area contributed by atoms with Crippen LogP contribution in [0.3, 0.4) is 0 Å². The van der Waals surface area contributed by atoms with Crippen LogP contribution >= 0.6 is 28.7 Å². The van der Waals surface area contributed by atoms with Crippen molar-refractivity contribution in [2.45, 2.75) is 56.6 Å². The molecule has 0 aliphatic rings. The molecule has 4 N–H and O–H groups in total. The molecular weight excluding hydrogens is 490 g/mol. The van der Waals surface area contributed by atoms with Crippen LogP contribution in [0.1, 0.15) is 54.9 Å². The third-order valence-electron chi connectivity index (χ3n) is 5.11. The molecule has 1 atom stereocenters. The lowest BCUT2D eigenvalue weighted by molar-refractivity contribution is 0.131. The second kappa shape index (κ2) is 17.4. The van der Waals surface area contributed by atoms with Crippen LogP contribution in [0, 0.1) is 6.92 Å². The van der Waals surface area contributed by atoms with Gasteiger partial charge in [0.2, 0.25) is 0 Å². The summed E-state index contributed by atoms with van der Waals surface area (Å²) in [5.74, 6) is 1.14. The van der Waals surface area contributed by atoms with Gasteiger partial charge < -0.3 is 25.4 Å². The second-order valence-corrected chi connectivity index (χ2v) is 8.98. The van der Waals surface area contributed by atoms with E-state index in [0.29, 0.717) is 17.7 Å². The average molecular weight is 529 g/mol. The van der Waals surface area contributed by atoms with Gasteiger partial charge in [-0.1, -0.05) is 36.6 Å². The lowest BCUT2D eigenvalue weighted by atomic mass is 10.1. The predicted octanol–water partition coefficient (Wildman–Crippen LogP) is 5.15. The van der Waals surface area contributed by atoms with Crippen molar-refractivity contribution in [3.63, 3.8) is 0 Å². The number of nitrogens with one attached hydrogen (secondary N) is 1. The van der Waals surface area contributed by atoms with Gasteiger partial charge in [0.05, 0.1) is 12.7 Å². The number of hydrogen-bond donors (Lipinski definition) is 4. The predicted molar refractivity (Wildman–Crippen MR) is 138 cm³/mol. The number of aliphatic hydroxyl groups is 2. The number of phenols is 1. The van der Waals surface area contributed by atoms with E-state index in [1.807, 2.05) is 11.8 Å². The second-order valence-electron chi connectivity index (χ2n) is 7.81. The molecule has 0 spiro atoms. The van der Waals surface area contributed by atoms with Crippen LogP contribution in [0.15, 0.2) is 47.4 Å². The maximum Gasteiger partial charge on any atom is 0.121 e. The summed E-state index contributed by atoms with van der Waals surface area (Å²) in [7, 11) is 0. The number of rotatable bonds is 16. The molecule has 0 fully saturated rings. The molecule has 0 heterocycles. The van der Waals surface area contributed by atoms with Crippen molar-refractivity contribution >= 4 is 28.7 Å². The zero-order chi connectivity index (χ0) is 22.3. The Hall–Kier alpha value is -1.09. The van der Waals surface area contributed by atoms with Crippen LogP contribution in [0.2, 0.25) is 0 Å². The topological polar surface area (TPSA) is 82.0 Å². The van der Waals surface area contributed by atoms with E-state index in [0.717, 1.165) is 57.6 Å². The summed E-state index contributed by atoms with van der Waals surface area (Å²) in [4.78, 5) is 1.32. The van der Waals surface area contributed by atoms with E-state index >= 15 is 0 Å². The maximum absolute atomic E-state index is 10.2. The Bertz CT molecular complexity index is 745. The summed E-state index contributed by atoms with van der Waals surface area (Å²) in [5.41, 5.74) is 2.43. The van der Waals surface area contributed by atoms with Gasteiger partial charge in [0.15, 0.2) is 0 Å². The maximum atomic E-state index is 10.2. The van der Waals surface area contributed by atoms with Gasteiger partial charge in [0.25, 0.3) is 0 Å². The van der Waals surface area contributed by atoms with Crippen LogP contribution in [-0.2, 0) is 11.3 Å². The Morgan fingerprint density at radius 1 is 0.969 bits per heavy atom. The number of unbranched alkanes of at least 4 members (excludes halogenated alkanes) is 3. The smallest absolute Gasteiger partial charge is 0.121 e. The van der Waals surface area contributed by atoms with Crippen LogP contribution in [0.5, 0.6) is 5.75 Å². The van der Waals surface area contributed by atoms with Gasteiger partial charge in [-0.05, 0) is 62.6 Å². The van der Waals surface area contributed by atoms with Crippen molar-refractivity contribution < 1.29 is 20.1 Å². The van der Waals surface area contributed by atoms with E-state index < -0.39 is 6.10 Å². The van der Waals surface area contributed by atoms with Gasteiger partial charge in [-0.25, -0.2) is 0 Å². The fourth-order valence-corrected chi connectivity index (χ4v) is 4.02. The summed E-state index contributed by atoms with van der Waals surface area (Å²) in [6.07, 6.45) is 4.88. The van der Waals surface area contributed by atoms with Crippen molar-refractivity contribution in [1.82, 2.24) is 5.32 Å². The molecule has 0 aromatic heterocycles. The standard InChI is InChI=1S/C25H37NO4S.BrH/c1-20-7-10-23(11-8-20)31-16-6-15-30-14-5-3-2-4-13-26-18-25(29)21-9-12-24(28)22(17-21)19-27;/h7-12,17,25-29H,2-6,13-16,18-19H2,1H3;1H. The first-order chi connectivity index (χ1) is 15.1. The molecule has 2 aromatic carbocycles. The van der Waals surface area contributed by atoms with Crippen LogP contribution in [0.4, 0.5) is 0 Å². The van der Waals surface area contributed by atoms with E-state index in [1.54, 1.807) is 12.1 Å². The van der Waals surface area contributed by atoms with Gasteiger partial charge in [0, 0.05) is 36.0 Å². The van der Waals surface area contributed by atoms with E-state index in [2.05, 4.69) is 36.5 Å². The largest absolute Gasteiger partial charge is 0.508 e. The Balaban J connectivity index is 0.00000512. The van der Waals surface area contributed by atoms with Crippen molar-refractivity contribution in [3.8, 4) is 5.75 Å². The summed E-state index contributed by atoms with van der Waals surface area (Å²) in [5, 5.41) is 32.3. The van der Waals surface area contributed by atoms with Crippen molar-refractivity contribution in [1.29, 1.82) is 0 Å². The summed E-state index contributed by atoms with van der Waals surface area (Å²) < 4.78 is 5.73. The minimum atomic E-state index is -0.650. The first-order valence-electron chi connectivity index (χ1n) is 11.2. The van der Waals surface area contributed by atoms with Crippen molar-refractivity contribution in [2.75, 3.05) is 32.1 Å². The average Bonchev–Trinajstić information content (AvgIpc) is 2.78. The number of aromatic hydroxyl groups is 1. The normalized spacial score (nSPS) is 11.8. The van der Waals surface area contributed by atoms with Crippen LogP contribution in [-0.4, -0.2) is 47.4 Å². The number of aryl methyl sites for hydroxylation is 1. The summed E-state index contributed by atoms with van der Waals surface area (Å²) in [6, 6.07) is 13.5. The highest BCUT2D eigenvalue weighted by atomic mass is 79.9. The van der Waals surface area contributed by atoms with Gasteiger partial charge in [0.1, 0.15) is 5.75 Å². The number of benzene rings is 2. The summed E-state index contributed by atoms with van der Waals surface area (Å²) >= 11 is 1.88. The van der Waals surface area contributed by atoms with Crippen molar-refractivity contribution in [3.05, 3.63) is 59.2 Å². The summed E-state index contributed by atoms with van der Waals surface area (Å²) in [6.45, 7) is 4.84. The molecule has 2 aromatic rings. The van der Waals surface area contributed by atoms with E-state index in [1.165, 1.54) is 16.5 Å². The van der Waals surface area contributed by atoms with Gasteiger partial charge >= 0.3 is 0 Å². The molecule has 0 radical (unpaired) electrons. The van der Waals surface area contributed by atoms with E-state index in [4.69, 9.17) is 4.74 Å². The Morgan fingerprint density at radius 3 is 2.44 bits per heavy atom. The zero-order valence-corrected chi connectivity index (χ0v) is 21.5. The molecule has 0 saturated heterocycles. The third-order valence-corrected chi connectivity index (χ3v) is 6.21. The highest BCUT2D eigenvalue weighted by Crippen LogP contribution is 2.22. The molecule has 32 heavy (non-hydrogen) atoms. The highest BCUT2D eigenvalue weighted by molar-refractivity contribution is 8.93. The molecule has 7 heteroatoms. The minimum Gasteiger partial charge on any atom is -0.508 e. The number of thioether (sulfide) groups is 1. The number of aliphatic hydroxyl groups excluding tert-OH is 2. The minimum absolute atomic E-state index is 0. The Kier molecular flexibility index (Phi) is 15.7. The SMILES string of the molecule is Br.Cc1ccc(SCCCOCCCCCCNCC(O)c2ccc(O)c(CO)c2)cc1. The number of halogens is 1. The molecule has 1 unspecified atom stereocenters. The van der Waals surface area contributed by atoms with Crippen LogP contribution in [0.25, 0.3) is 0 Å². The number of ether oxygens (including phenoxy) is 1. The van der Waals surface area contributed by atoms with Crippen molar-refractivity contribution in [2.24, 2.45) is 0 Å². The highest BCUT2D eigenvalue weighted by Gasteiger charge is 2.09. The molecule has 2 rings (SSSR count). The van der Waals surface area contributed by atoms with Gasteiger partial charge in [-0.2, -0.15) is 0 Å². The zero-order valence-electron chi connectivity index (χ0n) is 19.0. The molecule has 5 nitrogen and oxygen atoms in total. The fraction of sp³-hybridized carbons (Fsp3) is 0.520. The first-order valence-corrected chi connectivity index (χ1v) is 12.2. The van der Waals surface area contributed by atoms with Crippen LogP contribution < -0.4 is 5.32 Å². The molecular formula is C25H38BrNO4S. The van der Waals surface area contributed by atoms with Gasteiger partial charge in [-0.15, -0.1) is 28.7 Å². The lowest BCUT2D eigenvalue weighted by Crippen LogP contribution is -2.22. The monoisotopic (exact) mass is 527 g/mol. The Labute approximate surface area is 207 Å². The molecule has 0 amide bonds. The van der Waals surface area contributed by atoms with E-state index in [-0.39, 0.29) is 29.3 Å². The fourth-order valence-electron chi connectivity index (χ4n) is 3.19.